The Hall–Kier alpha value is -1.64. The Morgan fingerprint density at radius 3 is 2.40 bits per heavy atom. The van der Waals surface area contributed by atoms with Gasteiger partial charge in [-0.3, -0.25) is 0 Å². The summed E-state index contributed by atoms with van der Waals surface area (Å²) in [6.45, 7) is 3.92. The summed E-state index contributed by atoms with van der Waals surface area (Å²) in [7, 11) is 0. The molecule has 0 N–H and O–H groups in total. The summed E-state index contributed by atoms with van der Waals surface area (Å²) in [5.41, 5.74) is 2.84. The summed E-state index contributed by atoms with van der Waals surface area (Å²) in [6, 6.07) is 19.8. The van der Waals surface area contributed by atoms with Crippen LogP contribution in [-0.4, -0.2) is 24.5 Å². The first-order valence-corrected chi connectivity index (χ1v) is 10.5. The number of thiophene rings is 1. The quantitative estimate of drug-likeness (QED) is 0.467. The van der Waals surface area contributed by atoms with Gasteiger partial charge in [0.1, 0.15) is 0 Å². The molecule has 2 heteroatoms. The molecule has 1 fully saturated rings. The fourth-order valence-corrected chi connectivity index (χ4v) is 5.27. The lowest BCUT2D eigenvalue weighted by atomic mass is 10.00. The van der Waals surface area contributed by atoms with Crippen LogP contribution in [0.5, 0.6) is 0 Å². The molecule has 0 aliphatic carbocycles. The Labute approximate surface area is 155 Å². The summed E-state index contributed by atoms with van der Waals surface area (Å²) in [5.74, 6) is 0. The van der Waals surface area contributed by atoms with Gasteiger partial charge in [0.15, 0.2) is 0 Å². The normalized spacial score (nSPS) is 15.7. The second-order valence-electron chi connectivity index (χ2n) is 7.12. The number of rotatable bonds is 6. The molecule has 1 aliphatic heterocycles. The molecule has 0 saturated carbocycles. The monoisotopic (exact) mass is 349 g/mol. The van der Waals surface area contributed by atoms with Gasteiger partial charge in [-0.25, -0.2) is 0 Å². The van der Waals surface area contributed by atoms with E-state index in [-0.39, 0.29) is 0 Å². The lowest BCUT2D eigenvalue weighted by Gasteiger charge is -2.26. The molecule has 3 aromatic rings. The van der Waals surface area contributed by atoms with Crippen molar-refractivity contribution in [2.24, 2.45) is 0 Å². The topological polar surface area (TPSA) is 3.24 Å². The Morgan fingerprint density at radius 2 is 1.56 bits per heavy atom. The van der Waals surface area contributed by atoms with Crippen LogP contribution >= 0.6 is 11.3 Å². The summed E-state index contributed by atoms with van der Waals surface area (Å²) in [6.07, 6.45) is 8.05. The molecule has 1 nitrogen and oxygen atoms in total. The van der Waals surface area contributed by atoms with E-state index in [1.807, 2.05) is 11.3 Å². The van der Waals surface area contributed by atoms with Crippen LogP contribution < -0.4 is 0 Å². The van der Waals surface area contributed by atoms with Crippen molar-refractivity contribution < 1.29 is 0 Å². The zero-order valence-corrected chi connectivity index (χ0v) is 15.7. The second-order valence-corrected chi connectivity index (χ2v) is 8.26. The highest BCUT2D eigenvalue weighted by Gasteiger charge is 2.14. The molecule has 130 valence electrons. The molecule has 0 amide bonds. The zero-order chi connectivity index (χ0) is 16.9. The highest BCUT2D eigenvalue weighted by molar-refractivity contribution is 7.19. The molecule has 0 bridgehead atoms. The molecule has 0 radical (unpaired) electrons. The number of unbranched alkanes of at least 4 members (excludes halogenated alkanes) is 1. The number of fused-ring (bicyclic) bond motifs is 1. The maximum atomic E-state index is 2.66. The molecular formula is C23H27NS. The van der Waals surface area contributed by atoms with Gasteiger partial charge in [0.25, 0.3) is 0 Å². The van der Waals surface area contributed by atoms with E-state index >= 15 is 0 Å². The standard InChI is InChI=1S/C23H27NS/c1-3-11-19(12-4-1)23-20-13-5-6-14-21(20)25-22(23)15-7-10-18-24-16-8-2-9-17-24/h1,3-6,11-14H,2,7-10,15-18H2. The van der Waals surface area contributed by atoms with Crippen LogP contribution in [0.3, 0.4) is 0 Å². The van der Waals surface area contributed by atoms with Crippen LogP contribution in [-0.2, 0) is 6.42 Å². The summed E-state index contributed by atoms with van der Waals surface area (Å²) >= 11 is 1.99. The van der Waals surface area contributed by atoms with Gasteiger partial charge in [-0.1, -0.05) is 55.0 Å². The highest BCUT2D eigenvalue weighted by Crippen LogP contribution is 2.39. The molecule has 1 aromatic heterocycles. The molecule has 0 unspecified atom stereocenters. The predicted molar refractivity (Wildman–Crippen MR) is 110 cm³/mol. The largest absolute Gasteiger partial charge is 0.303 e. The van der Waals surface area contributed by atoms with Crippen LogP contribution in [0.25, 0.3) is 21.2 Å². The number of hydrogen-bond acceptors (Lipinski definition) is 2. The number of benzene rings is 2. The van der Waals surface area contributed by atoms with Gasteiger partial charge in [0, 0.05) is 20.5 Å². The zero-order valence-electron chi connectivity index (χ0n) is 14.9. The summed E-state index contributed by atoms with van der Waals surface area (Å²) in [4.78, 5) is 4.22. The van der Waals surface area contributed by atoms with E-state index < -0.39 is 0 Å². The minimum absolute atomic E-state index is 1.21. The maximum absolute atomic E-state index is 2.66. The van der Waals surface area contributed by atoms with Crippen molar-refractivity contribution in [1.82, 2.24) is 4.90 Å². The molecule has 1 aliphatic rings. The maximum Gasteiger partial charge on any atom is 0.0352 e. The smallest absolute Gasteiger partial charge is 0.0352 e. The van der Waals surface area contributed by atoms with Crippen LogP contribution in [0.1, 0.15) is 37.0 Å². The molecule has 0 spiro atoms. The lowest BCUT2D eigenvalue weighted by Crippen LogP contribution is -2.30. The average Bonchev–Trinajstić information content (AvgIpc) is 3.05. The first-order valence-electron chi connectivity index (χ1n) is 9.70. The van der Waals surface area contributed by atoms with E-state index in [0.29, 0.717) is 0 Å². The van der Waals surface area contributed by atoms with Crippen molar-refractivity contribution in [3.63, 3.8) is 0 Å². The van der Waals surface area contributed by atoms with Gasteiger partial charge in [0.05, 0.1) is 0 Å². The van der Waals surface area contributed by atoms with Crippen LogP contribution in [0, 0.1) is 0 Å². The SMILES string of the molecule is c1ccc(-c2c(CCCCN3CCCCC3)sc3ccccc23)cc1. The van der Waals surface area contributed by atoms with Gasteiger partial charge in [0.2, 0.25) is 0 Å². The van der Waals surface area contributed by atoms with Gasteiger partial charge in [-0.05, 0) is 63.4 Å². The average molecular weight is 350 g/mol. The molecule has 2 heterocycles. The molecule has 25 heavy (non-hydrogen) atoms. The second kappa shape index (κ2) is 8.16. The fraction of sp³-hybridized carbons (Fsp3) is 0.391. The number of piperidine rings is 1. The Balaban J connectivity index is 1.49. The minimum atomic E-state index is 1.21. The third kappa shape index (κ3) is 3.96. The van der Waals surface area contributed by atoms with E-state index in [1.54, 1.807) is 4.88 Å². The Kier molecular flexibility index (Phi) is 5.49. The van der Waals surface area contributed by atoms with E-state index in [2.05, 4.69) is 59.5 Å². The first kappa shape index (κ1) is 16.8. The Bertz CT molecular complexity index is 799. The van der Waals surface area contributed by atoms with E-state index in [1.165, 1.54) is 79.4 Å². The van der Waals surface area contributed by atoms with Crippen LogP contribution in [0.15, 0.2) is 54.6 Å². The van der Waals surface area contributed by atoms with Gasteiger partial charge < -0.3 is 4.90 Å². The van der Waals surface area contributed by atoms with Gasteiger partial charge >= 0.3 is 0 Å². The van der Waals surface area contributed by atoms with Crippen molar-refractivity contribution in [1.29, 1.82) is 0 Å². The first-order chi connectivity index (χ1) is 12.4. The van der Waals surface area contributed by atoms with Crippen molar-refractivity contribution in [2.75, 3.05) is 19.6 Å². The number of likely N-dealkylation sites (tertiary alicyclic amines) is 1. The number of nitrogens with zero attached hydrogens (tertiary/aromatic N) is 1. The minimum Gasteiger partial charge on any atom is -0.303 e. The third-order valence-electron chi connectivity index (χ3n) is 5.31. The number of aryl methyl sites for hydroxylation is 1. The molecule has 2 aromatic carbocycles. The lowest BCUT2D eigenvalue weighted by molar-refractivity contribution is 0.225. The number of hydrogen-bond donors (Lipinski definition) is 0. The van der Waals surface area contributed by atoms with Crippen molar-refractivity contribution in [3.8, 4) is 11.1 Å². The Morgan fingerprint density at radius 1 is 0.800 bits per heavy atom. The summed E-state index contributed by atoms with van der Waals surface area (Å²) < 4.78 is 1.42. The molecule has 0 atom stereocenters. The molecular weight excluding hydrogens is 322 g/mol. The molecule has 1 saturated heterocycles. The third-order valence-corrected chi connectivity index (χ3v) is 6.54. The van der Waals surface area contributed by atoms with E-state index in [9.17, 15) is 0 Å². The van der Waals surface area contributed by atoms with Crippen LogP contribution in [0.2, 0.25) is 0 Å². The van der Waals surface area contributed by atoms with Crippen molar-refractivity contribution >= 4 is 21.4 Å². The van der Waals surface area contributed by atoms with Crippen LogP contribution in [0.4, 0.5) is 0 Å². The predicted octanol–water partition coefficient (Wildman–Crippen LogP) is 6.38. The van der Waals surface area contributed by atoms with E-state index in [4.69, 9.17) is 0 Å². The van der Waals surface area contributed by atoms with Gasteiger partial charge in [-0.15, -0.1) is 11.3 Å². The van der Waals surface area contributed by atoms with Crippen molar-refractivity contribution in [3.05, 3.63) is 59.5 Å². The fourth-order valence-electron chi connectivity index (χ4n) is 4.00. The molecule has 4 rings (SSSR count). The van der Waals surface area contributed by atoms with Crippen molar-refractivity contribution in [2.45, 2.75) is 38.5 Å². The van der Waals surface area contributed by atoms with Gasteiger partial charge in [-0.2, -0.15) is 0 Å². The highest BCUT2D eigenvalue weighted by atomic mass is 32.1. The van der Waals surface area contributed by atoms with E-state index in [0.717, 1.165) is 0 Å². The summed E-state index contributed by atoms with van der Waals surface area (Å²) in [5, 5.41) is 1.42.